The number of nitrogens with zero attached hydrogens (tertiary/aromatic N) is 1. The summed E-state index contributed by atoms with van der Waals surface area (Å²) in [4.78, 5) is 0. The van der Waals surface area contributed by atoms with Gasteiger partial charge in [-0.15, -0.1) is 0 Å². The second-order valence-corrected chi connectivity index (χ2v) is 3.55. The van der Waals surface area contributed by atoms with E-state index in [0.29, 0.717) is 18.4 Å². The Kier molecular flexibility index (Phi) is 3.59. The molecule has 4 heteroatoms. The van der Waals surface area contributed by atoms with E-state index in [1.165, 1.54) is 0 Å². The first kappa shape index (κ1) is 9.58. The van der Waals surface area contributed by atoms with Gasteiger partial charge in [0.2, 0.25) is 0 Å². The van der Waals surface area contributed by atoms with E-state index in [1.54, 1.807) is 0 Å². The van der Waals surface area contributed by atoms with Crippen molar-refractivity contribution in [2.45, 2.75) is 19.8 Å². The van der Waals surface area contributed by atoms with Crippen LogP contribution in [-0.2, 0) is 0 Å². The van der Waals surface area contributed by atoms with Crippen LogP contribution in [-0.4, -0.2) is 17.1 Å². The molecule has 1 aromatic rings. The zero-order valence-electron chi connectivity index (χ0n) is 7.21. The maximum atomic E-state index is 5.23. The van der Waals surface area contributed by atoms with Gasteiger partial charge in [0.25, 0.3) is 5.88 Å². The fourth-order valence-electron chi connectivity index (χ4n) is 0.755. The SMILES string of the molecule is CC(C)c1cc(OCCBr)no1. The number of rotatable bonds is 4. The van der Waals surface area contributed by atoms with E-state index in [4.69, 9.17) is 9.26 Å². The summed E-state index contributed by atoms with van der Waals surface area (Å²) in [5.74, 6) is 1.79. The topological polar surface area (TPSA) is 35.3 Å². The Balaban J connectivity index is 2.52. The minimum Gasteiger partial charge on any atom is -0.475 e. The first-order chi connectivity index (χ1) is 5.74. The van der Waals surface area contributed by atoms with Gasteiger partial charge in [0.05, 0.1) is 6.61 Å². The standard InChI is InChI=1S/C8H12BrNO2/c1-6(2)7-5-8(10-12-7)11-4-3-9/h5-6H,3-4H2,1-2H3. The molecule has 0 spiro atoms. The normalized spacial score (nSPS) is 10.7. The number of alkyl halides is 1. The van der Waals surface area contributed by atoms with Gasteiger partial charge in [0.15, 0.2) is 0 Å². The molecule has 1 heterocycles. The Bertz CT molecular complexity index is 235. The predicted octanol–water partition coefficient (Wildman–Crippen LogP) is 2.57. The number of ether oxygens (including phenoxy) is 1. The van der Waals surface area contributed by atoms with Crippen molar-refractivity contribution in [2.75, 3.05) is 11.9 Å². The van der Waals surface area contributed by atoms with Crippen LogP contribution in [0.3, 0.4) is 0 Å². The van der Waals surface area contributed by atoms with Crippen LogP contribution in [0.15, 0.2) is 10.6 Å². The van der Waals surface area contributed by atoms with Gasteiger partial charge >= 0.3 is 0 Å². The molecule has 3 nitrogen and oxygen atoms in total. The lowest BCUT2D eigenvalue weighted by Crippen LogP contribution is -1.97. The van der Waals surface area contributed by atoms with Crippen molar-refractivity contribution < 1.29 is 9.26 Å². The average Bonchev–Trinajstić information content (AvgIpc) is 2.48. The highest BCUT2D eigenvalue weighted by atomic mass is 79.9. The highest BCUT2D eigenvalue weighted by Gasteiger charge is 2.07. The number of hydrogen-bond acceptors (Lipinski definition) is 3. The summed E-state index contributed by atoms with van der Waals surface area (Å²) in [5, 5.41) is 4.56. The molecule has 0 saturated heterocycles. The lowest BCUT2D eigenvalue weighted by atomic mass is 10.2. The molecule has 0 atom stereocenters. The molecule has 1 aromatic heterocycles. The van der Waals surface area contributed by atoms with E-state index in [0.717, 1.165) is 11.1 Å². The molecule has 0 unspecified atom stereocenters. The van der Waals surface area contributed by atoms with Crippen molar-refractivity contribution in [3.05, 3.63) is 11.8 Å². The van der Waals surface area contributed by atoms with E-state index < -0.39 is 0 Å². The zero-order chi connectivity index (χ0) is 8.97. The molecule has 68 valence electrons. The maximum absolute atomic E-state index is 5.23. The van der Waals surface area contributed by atoms with Gasteiger partial charge in [-0.05, 0) is 5.16 Å². The highest BCUT2D eigenvalue weighted by molar-refractivity contribution is 9.09. The summed E-state index contributed by atoms with van der Waals surface area (Å²) in [6.45, 7) is 4.72. The molecule has 1 rings (SSSR count). The van der Waals surface area contributed by atoms with Crippen LogP contribution in [0.1, 0.15) is 25.5 Å². The Labute approximate surface area is 80.2 Å². The third-order valence-corrected chi connectivity index (χ3v) is 1.73. The summed E-state index contributed by atoms with van der Waals surface area (Å²) < 4.78 is 10.3. The Morgan fingerprint density at radius 2 is 2.42 bits per heavy atom. The Morgan fingerprint density at radius 1 is 1.67 bits per heavy atom. The van der Waals surface area contributed by atoms with Gasteiger partial charge in [-0.25, -0.2) is 0 Å². The first-order valence-corrected chi connectivity index (χ1v) is 5.01. The molecule has 0 aliphatic carbocycles. The number of hydrogen-bond donors (Lipinski definition) is 0. The van der Waals surface area contributed by atoms with Crippen molar-refractivity contribution in [3.8, 4) is 5.88 Å². The maximum Gasteiger partial charge on any atom is 0.254 e. The van der Waals surface area contributed by atoms with E-state index >= 15 is 0 Å². The van der Waals surface area contributed by atoms with Crippen LogP contribution < -0.4 is 4.74 Å². The van der Waals surface area contributed by atoms with Crippen molar-refractivity contribution >= 4 is 15.9 Å². The molecule has 0 N–H and O–H groups in total. The van der Waals surface area contributed by atoms with Gasteiger partial charge < -0.3 is 9.26 Å². The molecule has 0 saturated carbocycles. The van der Waals surface area contributed by atoms with E-state index in [-0.39, 0.29) is 0 Å². The van der Waals surface area contributed by atoms with Crippen molar-refractivity contribution in [1.29, 1.82) is 0 Å². The van der Waals surface area contributed by atoms with Crippen LogP contribution in [0.5, 0.6) is 5.88 Å². The summed E-state index contributed by atoms with van der Waals surface area (Å²) in [5.41, 5.74) is 0. The van der Waals surface area contributed by atoms with Crippen molar-refractivity contribution in [3.63, 3.8) is 0 Å². The average molecular weight is 234 g/mol. The third-order valence-electron chi connectivity index (χ3n) is 1.40. The lowest BCUT2D eigenvalue weighted by molar-refractivity contribution is 0.290. The Hall–Kier alpha value is -0.510. The summed E-state index contributed by atoms with van der Waals surface area (Å²) in [7, 11) is 0. The van der Waals surface area contributed by atoms with Crippen LogP contribution in [0.25, 0.3) is 0 Å². The minimum absolute atomic E-state index is 0.360. The van der Waals surface area contributed by atoms with Gasteiger partial charge in [0.1, 0.15) is 5.76 Å². The Morgan fingerprint density at radius 3 is 2.92 bits per heavy atom. The summed E-state index contributed by atoms with van der Waals surface area (Å²) in [6, 6.07) is 1.83. The fourth-order valence-corrected chi connectivity index (χ4v) is 0.917. The highest BCUT2D eigenvalue weighted by Crippen LogP contribution is 2.19. The van der Waals surface area contributed by atoms with E-state index in [2.05, 4.69) is 34.9 Å². The molecule has 12 heavy (non-hydrogen) atoms. The van der Waals surface area contributed by atoms with Crippen molar-refractivity contribution in [1.82, 2.24) is 5.16 Å². The van der Waals surface area contributed by atoms with Crippen LogP contribution in [0.2, 0.25) is 0 Å². The van der Waals surface area contributed by atoms with Gasteiger partial charge in [-0.1, -0.05) is 29.8 Å². The number of halogens is 1. The predicted molar refractivity (Wildman–Crippen MR) is 49.9 cm³/mol. The second kappa shape index (κ2) is 4.50. The van der Waals surface area contributed by atoms with E-state index in [9.17, 15) is 0 Å². The summed E-state index contributed by atoms with van der Waals surface area (Å²) in [6.07, 6.45) is 0. The van der Waals surface area contributed by atoms with Crippen LogP contribution in [0, 0.1) is 0 Å². The quantitative estimate of drug-likeness (QED) is 0.751. The van der Waals surface area contributed by atoms with Crippen molar-refractivity contribution in [2.24, 2.45) is 0 Å². The smallest absolute Gasteiger partial charge is 0.254 e. The molecule has 0 aliphatic rings. The molecule has 0 amide bonds. The zero-order valence-corrected chi connectivity index (χ0v) is 8.80. The van der Waals surface area contributed by atoms with Crippen LogP contribution in [0.4, 0.5) is 0 Å². The monoisotopic (exact) mass is 233 g/mol. The molecule has 0 aliphatic heterocycles. The van der Waals surface area contributed by atoms with Crippen LogP contribution >= 0.6 is 15.9 Å². The first-order valence-electron chi connectivity index (χ1n) is 3.89. The number of aromatic nitrogens is 1. The molecular formula is C8H12BrNO2. The second-order valence-electron chi connectivity index (χ2n) is 2.76. The van der Waals surface area contributed by atoms with E-state index in [1.807, 2.05) is 6.07 Å². The largest absolute Gasteiger partial charge is 0.475 e. The van der Waals surface area contributed by atoms with Gasteiger partial charge in [-0.2, -0.15) is 0 Å². The molecule has 0 fully saturated rings. The molecule has 0 aromatic carbocycles. The third kappa shape index (κ3) is 2.52. The van der Waals surface area contributed by atoms with Gasteiger partial charge in [0, 0.05) is 17.3 Å². The minimum atomic E-state index is 0.360. The summed E-state index contributed by atoms with van der Waals surface area (Å²) >= 11 is 3.26. The fraction of sp³-hybridized carbons (Fsp3) is 0.625. The molecule has 0 bridgehead atoms. The lowest BCUT2D eigenvalue weighted by Gasteiger charge is -1.95. The molecule has 0 radical (unpaired) electrons. The van der Waals surface area contributed by atoms with Gasteiger partial charge in [-0.3, -0.25) is 0 Å². The molecular weight excluding hydrogens is 222 g/mol.